The van der Waals surface area contributed by atoms with E-state index in [0.29, 0.717) is 5.41 Å². The Bertz CT molecular complexity index is 568. The highest BCUT2D eigenvalue weighted by atomic mass is 16.5. The van der Waals surface area contributed by atoms with Crippen LogP contribution in [0.3, 0.4) is 0 Å². The summed E-state index contributed by atoms with van der Waals surface area (Å²) in [6.45, 7) is 16.6. The number of quaternary nitrogens is 1. The van der Waals surface area contributed by atoms with E-state index in [2.05, 4.69) is 71.1 Å². The van der Waals surface area contributed by atoms with Crippen LogP contribution in [0.15, 0.2) is 24.3 Å². The maximum absolute atomic E-state index is 6.17. The summed E-state index contributed by atoms with van der Waals surface area (Å²) in [5.41, 5.74) is 1.90. The van der Waals surface area contributed by atoms with E-state index in [1.54, 1.807) is 0 Å². The van der Waals surface area contributed by atoms with Gasteiger partial charge in [0, 0.05) is 18.6 Å². The zero-order valence-electron chi connectivity index (χ0n) is 19.2. The number of ether oxygens (including phenoxy) is 2. The Morgan fingerprint density at radius 3 is 2.43 bits per heavy atom. The van der Waals surface area contributed by atoms with Gasteiger partial charge in [-0.2, -0.15) is 0 Å². The Morgan fingerprint density at radius 1 is 1.11 bits per heavy atom. The average Bonchev–Trinajstić information content (AvgIpc) is 2.65. The van der Waals surface area contributed by atoms with Gasteiger partial charge in [-0.25, -0.2) is 0 Å². The van der Waals surface area contributed by atoms with E-state index in [-0.39, 0.29) is 11.7 Å². The summed E-state index contributed by atoms with van der Waals surface area (Å²) in [6.07, 6.45) is 7.77. The number of nitrogens with two attached hydrogens (primary N) is 1. The van der Waals surface area contributed by atoms with Crippen molar-refractivity contribution >= 4 is 0 Å². The second kappa shape index (κ2) is 10.6. The van der Waals surface area contributed by atoms with Crippen molar-refractivity contribution in [1.29, 1.82) is 0 Å². The van der Waals surface area contributed by atoms with E-state index in [1.165, 1.54) is 44.2 Å². The normalized spacial score (nSPS) is 25.4. The van der Waals surface area contributed by atoms with E-state index in [0.717, 1.165) is 31.2 Å². The molecule has 1 aliphatic rings. The van der Waals surface area contributed by atoms with Crippen LogP contribution in [0.1, 0.15) is 85.6 Å². The molecule has 0 saturated carbocycles. The van der Waals surface area contributed by atoms with Crippen LogP contribution in [0, 0.1) is 11.3 Å². The number of rotatable bonds is 11. The van der Waals surface area contributed by atoms with Gasteiger partial charge in [0.25, 0.3) is 0 Å². The summed E-state index contributed by atoms with van der Waals surface area (Å²) in [5.74, 6) is 1.75. The molecule has 160 valence electrons. The summed E-state index contributed by atoms with van der Waals surface area (Å²) >= 11 is 0. The molecule has 0 amide bonds. The fourth-order valence-electron chi connectivity index (χ4n) is 4.47. The molecule has 28 heavy (non-hydrogen) atoms. The lowest BCUT2D eigenvalue weighted by atomic mass is 9.67. The molecule has 0 aromatic heterocycles. The van der Waals surface area contributed by atoms with Gasteiger partial charge in [-0.05, 0) is 82.1 Å². The lowest BCUT2D eigenvalue weighted by Gasteiger charge is -2.46. The fourth-order valence-corrected chi connectivity index (χ4v) is 4.47. The predicted octanol–water partition coefficient (Wildman–Crippen LogP) is 5.33. The lowest BCUT2D eigenvalue weighted by Crippen LogP contribution is -2.83. The second-order valence-electron chi connectivity index (χ2n) is 9.85. The van der Waals surface area contributed by atoms with Crippen molar-refractivity contribution in [2.45, 2.75) is 98.3 Å². The van der Waals surface area contributed by atoms with Gasteiger partial charge in [0.2, 0.25) is 0 Å². The Hall–Kier alpha value is -1.06. The Morgan fingerprint density at radius 2 is 1.82 bits per heavy atom. The highest BCUT2D eigenvalue weighted by Gasteiger charge is 2.42. The zero-order valence-corrected chi connectivity index (χ0v) is 19.2. The highest BCUT2D eigenvalue weighted by molar-refractivity contribution is 5.26. The SMILES string of the molecule is CC[C@]1(C)C[C@](CC[NH2+]Cc2ccc(OC(C)C)cc2)(CCC(C)C)CCO1. The van der Waals surface area contributed by atoms with Crippen molar-refractivity contribution in [1.82, 2.24) is 0 Å². The Balaban J connectivity index is 1.87. The summed E-state index contributed by atoms with van der Waals surface area (Å²) in [5, 5.41) is 2.48. The van der Waals surface area contributed by atoms with Gasteiger partial charge < -0.3 is 14.8 Å². The van der Waals surface area contributed by atoms with Gasteiger partial charge in [-0.1, -0.05) is 27.2 Å². The number of benzene rings is 1. The molecule has 1 aromatic carbocycles. The van der Waals surface area contributed by atoms with E-state index in [4.69, 9.17) is 9.47 Å². The van der Waals surface area contributed by atoms with Gasteiger partial charge >= 0.3 is 0 Å². The molecule has 0 bridgehead atoms. The molecule has 1 aliphatic heterocycles. The predicted molar refractivity (Wildman–Crippen MR) is 118 cm³/mol. The van der Waals surface area contributed by atoms with Crippen molar-refractivity contribution in [2.75, 3.05) is 13.2 Å². The van der Waals surface area contributed by atoms with Crippen LogP contribution in [0.25, 0.3) is 0 Å². The largest absolute Gasteiger partial charge is 0.491 e. The van der Waals surface area contributed by atoms with Crippen LogP contribution in [-0.2, 0) is 11.3 Å². The van der Waals surface area contributed by atoms with Crippen molar-refractivity contribution in [2.24, 2.45) is 11.3 Å². The summed E-state index contributed by atoms with van der Waals surface area (Å²) in [7, 11) is 0. The molecule has 0 unspecified atom stereocenters. The maximum atomic E-state index is 6.17. The van der Waals surface area contributed by atoms with E-state index in [9.17, 15) is 0 Å². The van der Waals surface area contributed by atoms with Gasteiger partial charge in [0.15, 0.2) is 0 Å². The average molecular weight is 391 g/mol. The molecule has 1 heterocycles. The van der Waals surface area contributed by atoms with Crippen LogP contribution in [0.4, 0.5) is 0 Å². The van der Waals surface area contributed by atoms with Crippen molar-refractivity contribution < 1.29 is 14.8 Å². The van der Waals surface area contributed by atoms with Gasteiger partial charge in [-0.15, -0.1) is 0 Å². The molecule has 3 nitrogen and oxygen atoms in total. The van der Waals surface area contributed by atoms with Gasteiger partial charge in [-0.3, -0.25) is 0 Å². The maximum Gasteiger partial charge on any atom is 0.119 e. The third kappa shape index (κ3) is 7.40. The Kier molecular flexibility index (Phi) is 8.82. The third-order valence-corrected chi connectivity index (χ3v) is 6.39. The van der Waals surface area contributed by atoms with Gasteiger partial charge in [0.05, 0.1) is 18.2 Å². The van der Waals surface area contributed by atoms with Crippen LogP contribution in [-0.4, -0.2) is 24.9 Å². The molecular formula is C25H44NO2+. The summed E-state index contributed by atoms with van der Waals surface area (Å²) < 4.78 is 11.9. The first-order valence-electron chi connectivity index (χ1n) is 11.5. The molecule has 0 aliphatic carbocycles. The van der Waals surface area contributed by atoms with E-state index < -0.39 is 0 Å². The molecule has 0 radical (unpaired) electrons. The van der Waals surface area contributed by atoms with E-state index in [1.807, 2.05) is 0 Å². The monoisotopic (exact) mass is 390 g/mol. The van der Waals surface area contributed by atoms with Crippen molar-refractivity contribution in [3.63, 3.8) is 0 Å². The quantitative estimate of drug-likeness (QED) is 0.518. The molecule has 0 spiro atoms. The molecule has 1 aromatic rings. The minimum absolute atomic E-state index is 0.0709. The second-order valence-corrected chi connectivity index (χ2v) is 9.85. The van der Waals surface area contributed by atoms with Crippen molar-refractivity contribution in [3.8, 4) is 5.75 Å². The van der Waals surface area contributed by atoms with E-state index >= 15 is 0 Å². The topological polar surface area (TPSA) is 35.1 Å². The zero-order chi connectivity index (χ0) is 20.6. The van der Waals surface area contributed by atoms with Gasteiger partial charge in [0.1, 0.15) is 12.3 Å². The molecule has 2 N–H and O–H groups in total. The highest BCUT2D eigenvalue weighted by Crippen LogP contribution is 2.46. The Labute approximate surface area is 173 Å². The molecule has 3 heteroatoms. The van der Waals surface area contributed by atoms with Crippen molar-refractivity contribution in [3.05, 3.63) is 29.8 Å². The molecule has 2 atom stereocenters. The third-order valence-electron chi connectivity index (χ3n) is 6.39. The minimum Gasteiger partial charge on any atom is -0.491 e. The molecular weight excluding hydrogens is 346 g/mol. The smallest absolute Gasteiger partial charge is 0.119 e. The summed E-state index contributed by atoms with van der Waals surface area (Å²) in [6, 6.07) is 8.59. The first kappa shape index (κ1) is 23.2. The van der Waals surface area contributed by atoms with Crippen LogP contribution in [0.5, 0.6) is 5.75 Å². The standard InChI is InChI=1S/C25H43NO2/c1-7-24(6)19-25(15-17-27-24,13-12-20(2)3)14-16-26-18-22-8-10-23(11-9-22)28-21(4)5/h8-11,20-21,26H,7,12-19H2,1-6H3/p+1/t24-,25+/m1/s1. The van der Waals surface area contributed by atoms with Crippen LogP contribution < -0.4 is 10.1 Å². The first-order valence-corrected chi connectivity index (χ1v) is 11.5. The van der Waals surface area contributed by atoms with Crippen LogP contribution in [0.2, 0.25) is 0 Å². The molecule has 1 saturated heterocycles. The first-order chi connectivity index (χ1) is 13.3. The lowest BCUT2D eigenvalue weighted by molar-refractivity contribution is -0.672. The van der Waals surface area contributed by atoms with Crippen LogP contribution >= 0.6 is 0 Å². The summed E-state index contributed by atoms with van der Waals surface area (Å²) in [4.78, 5) is 0. The molecule has 2 rings (SSSR count). The minimum atomic E-state index is 0.0709. The number of hydrogen-bond donors (Lipinski definition) is 1. The number of hydrogen-bond acceptors (Lipinski definition) is 2. The molecule has 1 fully saturated rings. The fraction of sp³-hybridized carbons (Fsp3) is 0.760.